The third kappa shape index (κ3) is 5.10. The fourth-order valence-electron chi connectivity index (χ4n) is 5.00. The molecule has 0 unspecified atom stereocenters. The van der Waals surface area contributed by atoms with Crippen LogP contribution in [0.15, 0.2) is 54.6 Å². The van der Waals surface area contributed by atoms with Crippen molar-refractivity contribution in [3.05, 3.63) is 71.3 Å². The molecule has 0 aliphatic carbocycles. The Kier molecular flexibility index (Phi) is 7.55. The van der Waals surface area contributed by atoms with Gasteiger partial charge < -0.3 is 15.5 Å². The Labute approximate surface area is 212 Å². The topological polar surface area (TPSA) is 78.5 Å². The summed E-state index contributed by atoms with van der Waals surface area (Å²) in [5, 5.41) is 5.86. The van der Waals surface area contributed by atoms with Crippen molar-refractivity contribution in [3.8, 4) is 0 Å². The summed E-state index contributed by atoms with van der Waals surface area (Å²) in [4.78, 5) is 41.7. The van der Waals surface area contributed by atoms with E-state index in [1.54, 1.807) is 16.7 Å². The van der Waals surface area contributed by atoms with Gasteiger partial charge in [-0.3, -0.25) is 14.4 Å². The predicted molar refractivity (Wildman–Crippen MR) is 140 cm³/mol. The number of rotatable bonds is 9. The Morgan fingerprint density at radius 2 is 1.77 bits per heavy atom. The van der Waals surface area contributed by atoms with Crippen LogP contribution < -0.4 is 10.6 Å². The Morgan fingerprint density at radius 1 is 1.09 bits per heavy atom. The maximum absolute atomic E-state index is 13.7. The number of amides is 3. The first-order chi connectivity index (χ1) is 16.7. The van der Waals surface area contributed by atoms with Crippen molar-refractivity contribution in [2.45, 2.75) is 69.2 Å². The van der Waals surface area contributed by atoms with Gasteiger partial charge in [0.25, 0.3) is 5.91 Å². The van der Waals surface area contributed by atoms with Crippen LogP contribution in [0, 0.1) is 5.92 Å². The maximum Gasteiger partial charge on any atom is 0.256 e. The lowest BCUT2D eigenvalue weighted by Gasteiger charge is -2.32. The average molecular weight is 494 g/mol. The molecule has 4 rings (SSSR count). The quantitative estimate of drug-likeness (QED) is 0.510. The van der Waals surface area contributed by atoms with Gasteiger partial charge in [0.05, 0.1) is 0 Å². The number of thioether (sulfide) groups is 1. The van der Waals surface area contributed by atoms with E-state index in [-0.39, 0.29) is 29.0 Å². The molecule has 3 amide bonds. The normalized spacial score (nSPS) is 21.7. The summed E-state index contributed by atoms with van der Waals surface area (Å²) in [5.74, 6) is -0.588. The van der Waals surface area contributed by atoms with E-state index < -0.39 is 16.8 Å². The molecular formula is C28H35N3O3S. The number of aryl methyl sites for hydroxylation is 1. The number of benzene rings is 2. The van der Waals surface area contributed by atoms with Gasteiger partial charge in [0.15, 0.2) is 0 Å². The van der Waals surface area contributed by atoms with Gasteiger partial charge in [-0.05, 0) is 49.8 Å². The molecule has 0 spiro atoms. The van der Waals surface area contributed by atoms with Crippen molar-refractivity contribution in [1.82, 2.24) is 15.5 Å². The zero-order valence-electron chi connectivity index (χ0n) is 20.9. The van der Waals surface area contributed by atoms with Gasteiger partial charge in [-0.2, -0.15) is 0 Å². The van der Waals surface area contributed by atoms with Crippen LogP contribution in [-0.4, -0.2) is 46.0 Å². The van der Waals surface area contributed by atoms with Gasteiger partial charge in [0.1, 0.15) is 17.5 Å². The lowest BCUT2D eigenvalue weighted by Crippen LogP contribution is -2.58. The fraction of sp³-hybridized carbons (Fsp3) is 0.464. The molecular weight excluding hydrogens is 458 g/mol. The molecule has 0 bridgehead atoms. The minimum atomic E-state index is -0.658. The molecule has 1 saturated heterocycles. The van der Waals surface area contributed by atoms with Gasteiger partial charge in [-0.25, -0.2) is 0 Å². The monoisotopic (exact) mass is 493 g/mol. The molecule has 2 aromatic carbocycles. The molecule has 1 fully saturated rings. The Morgan fingerprint density at radius 3 is 2.49 bits per heavy atom. The van der Waals surface area contributed by atoms with Gasteiger partial charge in [-0.1, -0.05) is 68.8 Å². The van der Waals surface area contributed by atoms with Crippen LogP contribution in [0.1, 0.15) is 67.4 Å². The molecule has 186 valence electrons. The molecule has 7 heteroatoms. The van der Waals surface area contributed by atoms with E-state index in [4.69, 9.17) is 0 Å². The number of nitrogens with zero attached hydrogens (tertiary/aromatic N) is 1. The highest BCUT2D eigenvalue weighted by Crippen LogP contribution is 2.56. The Balaban J connectivity index is 1.43. The van der Waals surface area contributed by atoms with Gasteiger partial charge >= 0.3 is 0 Å². The van der Waals surface area contributed by atoms with Crippen LogP contribution in [-0.2, 0) is 16.0 Å². The zero-order valence-corrected chi connectivity index (χ0v) is 21.7. The van der Waals surface area contributed by atoms with Crippen molar-refractivity contribution in [3.63, 3.8) is 0 Å². The molecule has 2 N–H and O–H groups in total. The average Bonchev–Trinajstić information content (AvgIpc) is 3.29. The summed E-state index contributed by atoms with van der Waals surface area (Å²) in [6.07, 6.45) is 2.46. The molecule has 0 aromatic heterocycles. The van der Waals surface area contributed by atoms with Gasteiger partial charge in [-0.15, -0.1) is 11.8 Å². The number of nitrogens with one attached hydrogen (secondary N) is 2. The second-order valence-corrected chi connectivity index (χ2v) is 11.8. The van der Waals surface area contributed by atoms with Crippen LogP contribution >= 0.6 is 11.8 Å². The molecule has 0 radical (unpaired) electrons. The van der Waals surface area contributed by atoms with Crippen LogP contribution in [0.5, 0.6) is 0 Å². The highest BCUT2D eigenvalue weighted by Gasteiger charge is 2.57. The van der Waals surface area contributed by atoms with Gasteiger partial charge in [0, 0.05) is 16.9 Å². The van der Waals surface area contributed by atoms with E-state index in [1.807, 2.05) is 70.2 Å². The first-order valence-corrected chi connectivity index (χ1v) is 13.3. The molecule has 2 aromatic rings. The predicted octanol–water partition coefficient (Wildman–Crippen LogP) is 4.31. The summed E-state index contributed by atoms with van der Waals surface area (Å²) in [7, 11) is 0. The number of carbonyl (C=O) groups is 3. The summed E-state index contributed by atoms with van der Waals surface area (Å²) in [5.41, 5.74) is 2.86. The first-order valence-electron chi connectivity index (χ1n) is 12.5. The minimum Gasteiger partial charge on any atom is -0.354 e. The lowest BCUT2D eigenvalue weighted by atomic mass is 9.95. The molecule has 2 aliphatic heterocycles. The summed E-state index contributed by atoms with van der Waals surface area (Å²) in [6, 6.07) is 16.4. The molecule has 35 heavy (non-hydrogen) atoms. The lowest BCUT2D eigenvalue weighted by molar-refractivity contribution is -0.133. The number of carbonyl (C=O) groups excluding carboxylic acids is 3. The largest absolute Gasteiger partial charge is 0.354 e. The Hall–Kier alpha value is -2.80. The van der Waals surface area contributed by atoms with Crippen molar-refractivity contribution in [1.29, 1.82) is 0 Å². The minimum absolute atomic E-state index is 0.0347. The second-order valence-electron chi connectivity index (χ2n) is 10.0. The standard InChI is InChI=1S/C28H35N3O3S/c1-5-18(2)22(24(32)29-17-11-14-19-12-7-6-8-13-19)30-25(33)23-28(3,4)35-27-21-16-10-9-15-20(21)26(34)31(23)27/h6-10,12-13,15-16,18,22-23,27H,5,11,14,17H2,1-4H3,(H,29,32)(H,30,33)/t18-,22+,23+,27-/m1/s1. The smallest absolute Gasteiger partial charge is 0.256 e. The van der Waals surface area contributed by atoms with Gasteiger partial charge in [0.2, 0.25) is 11.8 Å². The number of hydrogen-bond acceptors (Lipinski definition) is 4. The number of hydrogen-bond donors (Lipinski definition) is 2. The maximum atomic E-state index is 13.7. The van der Waals surface area contributed by atoms with Crippen LogP contribution in [0.4, 0.5) is 0 Å². The zero-order chi connectivity index (χ0) is 25.2. The molecule has 0 saturated carbocycles. The van der Waals surface area contributed by atoms with Crippen molar-refractivity contribution in [2.24, 2.45) is 5.92 Å². The SMILES string of the molecule is CC[C@@H](C)[C@H](NC(=O)[C@@H]1N2C(=O)c3ccccc3[C@H]2SC1(C)C)C(=O)NCCCc1ccccc1. The van der Waals surface area contributed by atoms with Crippen molar-refractivity contribution in [2.75, 3.05) is 6.54 Å². The van der Waals surface area contributed by atoms with E-state index in [0.717, 1.165) is 24.8 Å². The molecule has 6 nitrogen and oxygen atoms in total. The van der Waals surface area contributed by atoms with E-state index in [2.05, 4.69) is 22.8 Å². The van der Waals surface area contributed by atoms with E-state index in [9.17, 15) is 14.4 Å². The third-order valence-electron chi connectivity index (χ3n) is 7.12. The third-order valence-corrected chi connectivity index (χ3v) is 8.66. The highest BCUT2D eigenvalue weighted by atomic mass is 32.2. The van der Waals surface area contributed by atoms with E-state index in [1.165, 1.54) is 5.56 Å². The first kappa shape index (κ1) is 25.3. The summed E-state index contributed by atoms with van der Waals surface area (Å²) in [6.45, 7) is 8.53. The van der Waals surface area contributed by atoms with E-state index in [0.29, 0.717) is 12.1 Å². The highest BCUT2D eigenvalue weighted by molar-refractivity contribution is 8.01. The summed E-state index contributed by atoms with van der Waals surface area (Å²) >= 11 is 1.63. The number of fused-ring (bicyclic) bond motifs is 3. The molecule has 4 atom stereocenters. The van der Waals surface area contributed by atoms with Crippen LogP contribution in [0.2, 0.25) is 0 Å². The molecule has 2 aliphatic rings. The molecule has 2 heterocycles. The second kappa shape index (κ2) is 10.4. The van der Waals surface area contributed by atoms with Crippen LogP contribution in [0.25, 0.3) is 0 Å². The van der Waals surface area contributed by atoms with Crippen molar-refractivity contribution < 1.29 is 14.4 Å². The van der Waals surface area contributed by atoms with E-state index >= 15 is 0 Å². The fourth-order valence-corrected chi connectivity index (χ4v) is 6.59. The Bertz CT molecular complexity index is 1090. The van der Waals surface area contributed by atoms with Crippen molar-refractivity contribution >= 4 is 29.5 Å². The summed E-state index contributed by atoms with van der Waals surface area (Å²) < 4.78 is -0.482. The van der Waals surface area contributed by atoms with Crippen LogP contribution in [0.3, 0.4) is 0 Å².